The molecule has 0 aliphatic carbocycles. The van der Waals surface area contributed by atoms with Gasteiger partial charge in [-0.25, -0.2) is 0 Å². The number of anilines is 1. The summed E-state index contributed by atoms with van der Waals surface area (Å²) < 4.78 is 6.44. The molecule has 0 bridgehead atoms. The fraction of sp³-hybridized carbons (Fsp3) is 0.350. The number of methoxy groups -OCH3 is 1. The Morgan fingerprint density at radius 3 is 2.40 bits per heavy atom. The van der Waals surface area contributed by atoms with Crippen LogP contribution in [0.3, 0.4) is 0 Å². The fourth-order valence-electron chi connectivity index (χ4n) is 2.48. The van der Waals surface area contributed by atoms with E-state index in [2.05, 4.69) is 77.7 Å². The molecular formula is C20H25BrN2OS. The first-order valence-electron chi connectivity index (χ1n) is 8.27. The third kappa shape index (κ3) is 6.01. The number of nitrogens with one attached hydrogen (secondary N) is 2. The SMILES string of the molecule is COc1ccc(Br)cc1CCNC(=S)Nc1ccc(C(C)(C)C)cc1. The van der Waals surface area contributed by atoms with Crippen molar-refractivity contribution >= 4 is 38.9 Å². The van der Waals surface area contributed by atoms with E-state index >= 15 is 0 Å². The summed E-state index contributed by atoms with van der Waals surface area (Å²) >= 11 is 8.88. The third-order valence-corrected chi connectivity index (χ3v) is 4.67. The Balaban J connectivity index is 1.86. The van der Waals surface area contributed by atoms with Gasteiger partial charge in [-0.1, -0.05) is 48.8 Å². The van der Waals surface area contributed by atoms with E-state index in [1.165, 1.54) is 5.56 Å². The summed E-state index contributed by atoms with van der Waals surface area (Å²) in [5, 5.41) is 7.09. The van der Waals surface area contributed by atoms with Gasteiger partial charge in [-0.05, 0) is 65.5 Å². The Kier molecular flexibility index (Phi) is 6.85. The minimum Gasteiger partial charge on any atom is -0.496 e. The molecule has 2 aromatic rings. The second kappa shape index (κ2) is 8.68. The van der Waals surface area contributed by atoms with Crippen molar-refractivity contribution in [3.05, 3.63) is 58.1 Å². The van der Waals surface area contributed by atoms with Crippen LogP contribution in [-0.2, 0) is 11.8 Å². The van der Waals surface area contributed by atoms with E-state index in [-0.39, 0.29) is 5.41 Å². The van der Waals surface area contributed by atoms with E-state index in [1.54, 1.807) is 7.11 Å². The topological polar surface area (TPSA) is 33.3 Å². The summed E-state index contributed by atoms with van der Waals surface area (Å²) in [5.74, 6) is 0.890. The van der Waals surface area contributed by atoms with Gasteiger partial charge in [-0.2, -0.15) is 0 Å². The second-order valence-corrected chi connectivity index (χ2v) is 8.24. The molecule has 0 aromatic heterocycles. The molecule has 0 saturated carbocycles. The van der Waals surface area contributed by atoms with Crippen LogP contribution in [0.1, 0.15) is 31.9 Å². The third-order valence-electron chi connectivity index (χ3n) is 3.93. The average Bonchev–Trinajstić information content (AvgIpc) is 2.55. The molecule has 0 unspecified atom stereocenters. The van der Waals surface area contributed by atoms with Crippen molar-refractivity contribution in [1.82, 2.24) is 5.32 Å². The van der Waals surface area contributed by atoms with Gasteiger partial charge in [0.2, 0.25) is 0 Å². The maximum atomic E-state index is 5.40. The zero-order valence-electron chi connectivity index (χ0n) is 15.2. The summed E-state index contributed by atoms with van der Waals surface area (Å²) in [5.41, 5.74) is 3.59. The van der Waals surface area contributed by atoms with Gasteiger partial charge < -0.3 is 15.4 Å². The largest absolute Gasteiger partial charge is 0.496 e. The van der Waals surface area contributed by atoms with E-state index < -0.39 is 0 Å². The van der Waals surface area contributed by atoms with E-state index in [9.17, 15) is 0 Å². The van der Waals surface area contributed by atoms with Gasteiger partial charge in [-0.3, -0.25) is 0 Å². The summed E-state index contributed by atoms with van der Waals surface area (Å²) in [6.45, 7) is 7.35. The van der Waals surface area contributed by atoms with Crippen molar-refractivity contribution in [2.45, 2.75) is 32.6 Å². The normalized spacial score (nSPS) is 11.1. The first-order valence-corrected chi connectivity index (χ1v) is 9.47. The van der Waals surface area contributed by atoms with Crippen molar-refractivity contribution in [3.8, 4) is 5.75 Å². The van der Waals surface area contributed by atoms with Crippen molar-refractivity contribution in [1.29, 1.82) is 0 Å². The number of ether oxygens (including phenoxy) is 1. The summed E-state index contributed by atoms with van der Waals surface area (Å²) in [6, 6.07) is 14.4. The molecule has 2 rings (SSSR count). The van der Waals surface area contributed by atoms with E-state index in [1.807, 2.05) is 12.1 Å². The molecule has 2 aromatic carbocycles. The minimum absolute atomic E-state index is 0.153. The molecule has 2 N–H and O–H groups in total. The Hall–Kier alpha value is -1.59. The Labute approximate surface area is 164 Å². The maximum Gasteiger partial charge on any atom is 0.170 e. The van der Waals surface area contributed by atoms with Crippen molar-refractivity contribution in [3.63, 3.8) is 0 Å². The van der Waals surface area contributed by atoms with Crippen molar-refractivity contribution in [2.75, 3.05) is 19.0 Å². The summed E-state index contributed by atoms with van der Waals surface area (Å²) in [4.78, 5) is 0. The molecular weight excluding hydrogens is 396 g/mol. The highest BCUT2D eigenvalue weighted by molar-refractivity contribution is 9.10. The van der Waals surface area contributed by atoms with Crippen molar-refractivity contribution < 1.29 is 4.74 Å². The molecule has 0 radical (unpaired) electrons. The Bertz CT molecular complexity index is 723. The number of hydrogen-bond acceptors (Lipinski definition) is 2. The average molecular weight is 421 g/mol. The number of thiocarbonyl (C=S) groups is 1. The zero-order valence-corrected chi connectivity index (χ0v) is 17.6. The van der Waals surface area contributed by atoms with Gasteiger partial charge in [0.25, 0.3) is 0 Å². The Morgan fingerprint density at radius 1 is 1.12 bits per heavy atom. The second-order valence-electron chi connectivity index (χ2n) is 6.91. The van der Waals surface area contributed by atoms with Gasteiger partial charge in [0.15, 0.2) is 5.11 Å². The predicted molar refractivity (Wildman–Crippen MR) is 114 cm³/mol. The highest BCUT2D eigenvalue weighted by atomic mass is 79.9. The van der Waals surface area contributed by atoms with Crippen LogP contribution in [0.5, 0.6) is 5.75 Å². The zero-order chi connectivity index (χ0) is 18.4. The number of hydrogen-bond donors (Lipinski definition) is 2. The molecule has 134 valence electrons. The van der Waals surface area contributed by atoms with E-state index in [4.69, 9.17) is 17.0 Å². The lowest BCUT2D eigenvalue weighted by Gasteiger charge is -2.19. The molecule has 0 saturated heterocycles. The molecule has 3 nitrogen and oxygen atoms in total. The number of rotatable bonds is 5. The highest BCUT2D eigenvalue weighted by Crippen LogP contribution is 2.24. The van der Waals surface area contributed by atoms with Crippen LogP contribution in [0.2, 0.25) is 0 Å². The van der Waals surface area contributed by atoms with Crippen LogP contribution in [0.4, 0.5) is 5.69 Å². The lowest BCUT2D eigenvalue weighted by molar-refractivity contribution is 0.409. The van der Waals surface area contributed by atoms with Crippen LogP contribution in [0.25, 0.3) is 0 Å². The number of halogens is 1. The smallest absolute Gasteiger partial charge is 0.170 e. The lowest BCUT2D eigenvalue weighted by Crippen LogP contribution is -2.30. The molecule has 0 spiro atoms. The molecule has 0 fully saturated rings. The van der Waals surface area contributed by atoms with Gasteiger partial charge in [0.1, 0.15) is 5.75 Å². The van der Waals surface area contributed by atoms with Gasteiger partial charge in [0.05, 0.1) is 7.11 Å². The highest BCUT2D eigenvalue weighted by Gasteiger charge is 2.12. The van der Waals surface area contributed by atoms with Crippen molar-refractivity contribution in [2.24, 2.45) is 0 Å². The van der Waals surface area contributed by atoms with Crippen LogP contribution in [0.15, 0.2) is 46.9 Å². The van der Waals surface area contributed by atoms with E-state index in [0.29, 0.717) is 5.11 Å². The summed E-state index contributed by atoms with van der Waals surface area (Å²) in [7, 11) is 1.69. The molecule has 0 aliphatic rings. The number of benzene rings is 2. The molecule has 0 amide bonds. The monoisotopic (exact) mass is 420 g/mol. The molecule has 0 aliphatic heterocycles. The fourth-order valence-corrected chi connectivity index (χ4v) is 3.11. The van der Waals surface area contributed by atoms with Crippen LogP contribution < -0.4 is 15.4 Å². The lowest BCUT2D eigenvalue weighted by atomic mass is 9.87. The van der Waals surface area contributed by atoms with Gasteiger partial charge in [0, 0.05) is 16.7 Å². The Morgan fingerprint density at radius 2 is 1.80 bits per heavy atom. The maximum absolute atomic E-state index is 5.40. The van der Waals surface area contributed by atoms with E-state index in [0.717, 1.165) is 34.4 Å². The minimum atomic E-state index is 0.153. The van der Waals surface area contributed by atoms with Crippen LogP contribution in [0, 0.1) is 0 Å². The van der Waals surface area contributed by atoms with Gasteiger partial charge >= 0.3 is 0 Å². The molecule has 0 atom stereocenters. The first kappa shape index (κ1) is 19.7. The molecule has 5 heteroatoms. The van der Waals surface area contributed by atoms with Crippen LogP contribution in [-0.4, -0.2) is 18.8 Å². The van der Waals surface area contributed by atoms with Crippen LogP contribution >= 0.6 is 28.1 Å². The molecule has 0 heterocycles. The molecule has 25 heavy (non-hydrogen) atoms. The first-order chi connectivity index (χ1) is 11.8. The predicted octanol–water partition coefficient (Wildman–Crippen LogP) is 5.28. The standard InChI is InChI=1S/C20H25BrN2OS/c1-20(2,3)15-5-8-17(9-6-15)23-19(25)22-12-11-14-13-16(21)7-10-18(14)24-4/h5-10,13H,11-12H2,1-4H3,(H2,22,23,25). The summed E-state index contributed by atoms with van der Waals surface area (Å²) in [6.07, 6.45) is 0.827. The van der Waals surface area contributed by atoms with Gasteiger partial charge in [-0.15, -0.1) is 0 Å². The quantitative estimate of drug-likeness (QED) is 0.644.